The van der Waals surface area contributed by atoms with Crippen LogP contribution in [0.5, 0.6) is 0 Å². The van der Waals surface area contributed by atoms with Gasteiger partial charge in [0.15, 0.2) is 5.78 Å². The molecule has 0 aromatic heterocycles. The molecule has 64 valence electrons. The Morgan fingerprint density at radius 1 is 0.833 bits per heavy atom. The summed E-state index contributed by atoms with van der Waals surface area (Å²) in [7, 11) is 0. The fourth-order valence-electron chi connectivity index (χ4n) is 0.579. The van der Waals surface area contributed by atoms with Crippen molar-refractivity contribution in [2.75, 3.05) is 0 Å². The van der Waals surface area contributed by atoms with Crippen molar-refractivity contribution in [1.29, 1.82) is 0 Å². The van der Waals surface area contributed by atoms with Crippen molar-refractivity contribution in [3.05, 3.63) is 48.6 Å². The summed E-state index contributed by atoms with van der Waals surface area (Å²) >= 11 is 0. The van der Waals surface area contributed by atoms with Gasteiger partial charge in [0.05, 0.1) is 0 Å². The molecular formula is C11H14O. The maximum atomic E-state index is 11.0. The van der Waals surface area contributed by atoms with E-state index in [1.54, 1.807) is 12.2 Å². The number of hydrogen-bond acceptors (Lipinski definition) is 1. The fraction of sp³-hybridized carbons (Fsp3) is 0.182. The number of allylic oxidation sites excluding steroid dienone is 8. The maximum absolute atomic E-state index is 11.0. The van der Waals surface area contributed by atoms with Gasteiger partial charge in [0.25, 0.3) is 0 Å². The van der Waals surface area contributed by atoms with E-state index in [2.05, 4.69) is 0 Å². The van der Waals surface area contributed by atoms with Gasteiger partial charge in [-0.1, -0.05) is 36.5 Å². The summed E-state index contributed by atoms with van der Waals surface area (Å²) in [6, 6.07) is 0. The molecule has 1 nitrogen and oxygen atoms in total. The highest BCUT2D eigenvalue weighted by Crippen LogP contribution is 1.83. The van der Waals surface area contributed by atoms with Crippen molar-refractivity contribution in [1.82, 2.24) is 0 Å². The lowest BCUT2D eigenvalue weighted by atomic mass is 10.3. The molecular weight excluding hydrogens is 148 g/mol. The molecule has 0 spiro atoms. The van der Waals surface area contributed by atoms with E-state index in [-0.39, 0.29) is 5.78 Å². The number of ketones is 1. The SMILES string of the molecule is C/C=C/C=C/C(=O)/C=C/C=C/C. The summed E-state index contributed by atoms with van der Waals surface area (Å²) in [5.41, 5.74) is 0. The zero-order chi connectivity index (χ0) is 9.23. The minimum atomic E-state index is 0.00574. The second kappa shape index (κ2) is 7.73. The van der Waals surface area contributed by atoms with Gasteiger partial charge in [-0.3, -0.25) is 4.79 Å². The van der Waals surface area contributed by atoms with Crippen LogP contribution >= 0.6 is 0 Å². The van der Waals surface area contributed by atoms with Crippen LogP contribution in [0.4, 0.5) is 0 Å². The zero-order valence-electron chi connectivity index (χ0n) is 7.53. The minimum Gasteiger partial charge on any atom is -0.290 e. The number of hydrogen-bond donors (Lipinski definition) is 0. The highest BCUT2D eigenvalue weighted by molar-refractivity contribution is 5.99. The topological polar surface area (TPSA) is 17.1 Å². The smallest absolute Gasteiger partial charge is 0.178 e. The standard InChI is InChI=1S/C11H14O/c1-3-5-7-9-11(12)10-8-6-4-2/h3-10H,1-2H3/b5-3+,6-4+,9-7+,10-8+. The molecule has 0 heterocycles. The van der Waals surface area contributed by atoms with Crippen LogP contribution in [-0.2, 0) is 4.79 Å². The van der Waals surface area contributed by atoms with Gasteiger partial charge < -0.3 is 0 Å². The molecule has 0 aromatic rings. The van der Waals surface area contributed by atoms with Crippen LogP contribution in [-0.4, -0.2) is 5.78 Å². The Hall–Kier alpha value is -1.37. The summed E-state index contributed by atoms with van der Waals surface area (Å²) in [6.45, 7) is 3.81. The molecule has 0 aliphatic heterocycles. The molecule has 0 saturated carbocycles. The largest absolute Gasteiger partial charge is 0.290 e. The molecule has 0 atom stereocenters. The van der Waals surface area contributed by atoms with Crippen molar-refractivity contribution >= 4 is 5.78 Å². The van der Waals surface area contributed by atoms with Crippen molar-refractivity contribution in [2.45, 2.75) is 13.8 Å². The van der Waals surface area contributed by atoms with E-state index >= 15 is 0 Å². The van der Waals surface area contributed by atoms with Crippen LogP contribution in [0.2, 0.25) is 0 Å². The van der Waals surface area contributed by atoms with E-state index in [9.17, 15) is 4.79 Å². The Kier molecular flexibility index (Phi) is 6.85. The summed E-state index contributed by atoms with van der Waals surface area (Å²) in [5, 5.41) is 0. The zero-order valence-corrected chi connectivity index (χ0v) is 7.53. The lowest BCUT2D eigenvalue weighted by Gasteiger charge is -1.78. The molecule has 12 heavy (non-hydrogen) atoms. The van der Waals surface area contributed by atoms with Crippen LogP contribution in [0.25, 0.3) is 0 Å². The van der Waals surface area contributed by atoms with Gasteiger partial charge in [-0.25, -0.2) is 0 Å². The molecule has 0 radical (unpaired) electrons. The molecule has 0 amide bonds. The van der Waals surface area contributed by atoms with E-state index < -0.39 is 0 Å². The first kappa shape index (κ1) is 10.6. The normalized spacial score (nSPS) is 12.8. The van der Waals surface area contributed by atoms with E-state index in [1.807, 2.05) is 38.2 Å². The summed E-state index contributed by atoms with van der Waals surface area (Å²) < 4.78 is 0. The highest BCUT2D eigenvalue weighted by Gasteiger charge is 1.82. The second-order valence-electron chi connectivity index (χ2n) is 2.17. The summed E-state index contributed by atoms with van der Waals surface area (Å²) in [4.78, 5) is 11.0. The second-order valence-corrected chi connectivity index (χ2v) is 2.17. The van der Waals surface area contributed by atoms with E-state index in [1.165, 1.54) is 12.2 Å². The Morgan fingerprint density at radius 2 is 1.25 bits per heavy atom. The molecule has 0 N–H and O–H groups in total. The van der Waals surface area contributed by atoms with E-state index in [4.69, 9.17) is 0 Å². The van der Waals surface area contributed by atoms with E-state index in [0.29, 0.717) is 0 Å². The Bertz CT molecular complexity index is 205. The molecule has 0 fully saturated rings. The van der Waals surface area contributed by atoms with Crippen molar-refractivity contribution in [2.24, 2.45) is 0 Å². The third-order valence-corrected chi connectivity index (χ3v) is 1.13. The van der Waals surface area contributed by atoms with E-state index in [0.717, 1.165) is 0 Å². The molecule has 0 aromatic carbocycles. The van der Waals surface area contributed by atoms with Crippen LogP contribution < -0.4 is 0 Å². The van der Waals surface area contributed by atoms with Gasteiger partial charge in [-0.15, -0.1) is 0 Å². The predicted molar refractivity (Wildman–Crippen MR) is 52.9 cm³/mol. The third kappa shape index (κ3) is 6.75. The average Bonchev–Trinajstić information content (AvgIpc) is 2.06. The monoisotopic (exact) mass is 162 g/mol. The van der Waals surface area contributed by atoms with Gasteiger partial charge in [-0.2, -0.15) is 0 Å². The number of carbonyl (C=O) groups excluding carboxylic acids is 1. The first-order valence-electron chi connectivity index (χ1n) is 3.94. The van der Waals surface area contributed by atoms with Gasteiger partial charge in [0, 0.05) is 0 Å². The van der Waals surface area contributed by atoms with Crippen molar-refractivity contribution in [3.8, 4) is 0 Å². The Balaban J connectivity index is 3.89. The first-order valence-corrected chi connectivity index (χ1v) is 3.94. The number of carbonyl (C=O) groups is 1. The average molecular weight is 162 g/mol. The quantitative estimate of drug-likeness (QED) is 0.459. The van der Waals surface area contributed by atoms with Crippen LogP contribution in [0.3, 0.4) is 0 Å². The highest BCUT2D eigenvalue weighted by atomic mass is 16.1. The molecule has 0 aliphatic rings. The van der Waals surface area contributed by atoms with Crippen LogP contribution in [0, 0.1) is 0 Å². The molecule has 0 bridgehead atoms. The summed E-state index contributed by atoms with van der Waals surface area (Å²) in [6.07, 6.45) is 13.9. The lowest BCUT2D eigenvalue weighted by Crippen LogP contribution is -1.82. The van der Waals surface area contributed by atoms with Crippen molar-refractivity contribution < 1.29 is 4.79 Å². The molecule has 0 aliphatic carbocycles. The minimum absolute atomic E-state index is 0.00574. The first-order chi connectivity index (χ1) is 5.81. The molecule has 0 unspecified atom stereocenters. The van der Waals surface area contributed by atoms with Crippen molar-refractivity contribution in [3.63, 3.8) is 0 Å². The van der Waals surface area contributed by atoms with Gasteiger partial charge in [0.1, 0.15) is 0 Å². The van der Waals surface area contributed by atoms with Crippen LogP contribution in [0.1, 0.15) is 13.8 Å². The third-order valence-electron chi connectivity index (χ3n) is 1.13. The number of rotatable bonds is 4. The Morgan fingerprint density at radius 3 is 1.58 bits per heavy atom. The van der Waals surface area contributed by atoms with Gasteiger partial charge in [0.2, 0.25) is 0 Å². The van der Waals surface area contributed by atoms with Gasteiger partial charge in [-0.05, 0) is 26.0 Å². The lowest BCUT2D eigenvalue weighted by molar-refractivity contribution is -0.110. The van der Waals surface area contributed by atoms with Crippen LogP contribution in [0.15, 0.2) is 48.6 Å². The molecule has 1 heteroatoms. The van der Waals surface area contributed by atoms with Gasteiger partial charge >= 0.3 is 0 Å². The summed E-state index contributed by atoms with van der Waals surface area (Å²) in [5.74, 6) is 0.00574. The Labute approximate surface area is 73.8 Å². The molecule has 0 rings (SSSR count). The maximum Gasteiger partial charge on any atom is 0.178 e. The molecule has 0 saturated heterocycles. The predicted octanol–water partition coefficient (Wildman–Crippen LogP) is 2.82. The fourth-order valence-corrected chi connectivity index (χ4v) is 0.579.